The molecular weight excluding hydrogens is 586 g/mol. The highest BCUT2D eigenvalue weighted by molar-refractivity contribution is 5.95. The average molecular weight is 617 g/mol. The molecule has 2 saturated heterocycles. The first kappa shape index (κ1) is 30.4. The molecule has 15 nitrogen and oxygen atoms in total. The number of alkyl carbamates (subject to hydrolysis) is 1. The zero-order chi connectivity index (χ0) is 31.2. The SMILES string of the molecule is COCCOC(=O)NC[C@H]1CN(c2cc(F)c(N3CCN(C(=O)CNC(=O)c4cn5cccnc5n4)CC3)c(F)c2)C(=O)O1. The molecule has 0 radical (unpaired) electrons. The van der Waals surface area contributed by atoms with Crippen LogP contribution in [0.2, 0.25) is 0 Å². The lowest BCUT2D eigenvalue weighted by Crippen LogP contribution is -2.51. The van der Waals surface area contributed by atoms with Crippen LogP contribution in [0.25, 0.3) is 5.78 Å². The summed E-state index contributed by atoms with van der Waals surface area (Å²) in [7, 11) is 1.46. The van der Waals surface area contributed by atoms with Crippen LogP contribution < -0.4 is 20.4 Å². The largest absolute Gasteiger partial charge is 0.447 e. The van der Waals surface area contributed by atoms with E-state index in [0.717, 1.165) is 17.0 Å². The van der Waals surface area contributed by atoms with Crippen LogP contribution in [0.3, 0.4) is 0 Å². The molecule has 17 heteroatoms. The Labute approximate surface area is 249 Å². The maximum Gasteiger partial charge on any atom is 0.414 e. The van der Waals surface area contributed by atoms with Crippen molar-refractivity contribution in [3.05, 3.63) is 54.1 Å². The Balaban J connectivity index is 1.11. The Bertz CT molecular complexity index is 1490. The first-order valence-corrected chi connectivity index (χ1v) is 13.7. The van der Waals surface area contributed by atoms with Gasteiger partial charge in [-0.2, -0.15) is 0 Å². The fourth-order valence-corrected chi connectivity index (χ4v) is 4.79. The van der Waals surface area contributed by atoms with Crippen molar-refractivity contribution < 1.29 is 42.2 Å². The monoisotopic (exact) mass is 616 g/mol. The molecule has 2 N–H and O–H groups in total. The van der Waals surface area contributed by atoms with Crippen LogP contribution in [0.4, 0.5) is 29.7 Å². The second-order valence-corrected chi connectivity index (χ2v) is 9.89. The van der Waals surface area contributed by atoms with Crippen molar-refractivity contribution in [2.24, 2.45) is 0 Å². The summed E-state index contributed by atoms with van der Waals surface area (Å²) in [5.74, 6) is -2.30. The normalized spacial score (nSPS) is 16.7. The van der Waals surface area contributed by atoms with Gasteiger partial charge in [0.05, 0.1) is 31.9 Å². The summed E-state index contributed by atoms with van der Waals surface area (Å²) in [5, 5.41) is 5.00. The van der Waals surface area contributed by atoms with E-state index in [0.29, 0.717) is 5.78 Å². The lowest BCUT2D eigenvalue weighted by atomic mass is 10.2. The smallest absolute Gasteiger partial charge is 0.414 e. The van der Waals surface area contributed by atoms with Gasteiger partial charge in [-0.15, -0.1) is 0 Å². The van der Waals surface area contributed by atoms with E-state index in [9.17, 15) is 19.2 Å². The van der Waals surface area contributed by atoms with E-state index in [2.05, 4.69) is 20.6 Å². The summed E-state index contributed by atoms with van der Waals surface area (Å²) in [4.78, 5) is 61.4. The lowest BCUT2D eigenvalue weighted by molar-refractivity contribution is -0.130. The predicted molar refractivity (Wildman–Crippen MR) is 149 cm³/mol. The van der Waals surface area contributed by atoms with Crippen molar-refractivity contribution in [3.63, 3.8) is 0 Å². The molecule has 0 saturated carbocycles. The van der Waals surface area contributed by atoms with Gasteiger partial charge in [-0.25, -0.2) is 28.3 Å². The number of methoxy groups -OCH3 is 1. The number of ether oxygens (including phenoxy) is 3. The van der Waals surface area contributed by atoms with Crippen LogP contribution in [0.15, 0.2) is 36.8 Å². The summed E-state index contributed by atoms with van der Waals surface area (Å²) in [6.07, 6.45) is 2.46. The molecule has 234 valence electrons. The second kappa shape index (κ2) is 13.5. The highest BCUT2D eigenvalue weighted by atomic mass is 19.1. The van der Waals surface area contributed by atoms with Crippen LogP contribution in [0.5, 0.6) is 0 Å². The third kappa shape index (κ3) is 6.94. The fourth-order valence-electron chi connectivity index (χ4n) is 4.79. The first-order valence-electron chi connectivity index (χ1n) is 13.7. The Morgan fingerprint density at radius 1 is 1.09 bits per heavy atom. The average Bonchev–Trinajstić information content (AvgIpc) is 3.62. The molecular formula is C27H30F2N8O7. The number of piperazine rings is 1. The lowest BCUT2D eigenvalue weighted by Gasteiger charge is -2.36. The number of fused-ring (bicyclic) bond motifs is 1. The van der Waals surface area contributed by atoms with Gasteiger partial charge in [0.15, 0.2) is 11.6 Å². The van der Waals surface area contributed by atoms with Gasteiger partial charge in [-0.05, 0) is 6.07 Å². The molecule has 1 atom stereocenters. The van der Waals surface area contributed by atoms with Gasteiger partial charge < -0.3 is 34.6 Å². The van der Waals surface area contributed by atoms with Gasteiger partial charge >= 0.3 is 12.2 Å². The number of amides is 4. The summed E-state index contributed by atoms with van der Waals surface area (Å²) < 4.78 is 46.8. The molecule has 0 aliphatic carbocycles. The third-order valence-electron chi connectivity index (χ3n) is 7.00. The number of nitrogens with one attached hydrogen (secondary N) is 2. The van der Waals surface area contributed by atoms with Crippen molar-refractivity contribution in [1.82, 2.24) is 29.9 Å². The minimum Gasteiger partial charge on any atom is -0.447 e. The zero-order valence-corrected chi connectivity index (χ0v) is 23.7. The van der Waals surface area contributed by atoms with Crippen LogP contribution in [-0.2, 0) is 19.0 Å². The fraction of sp³-hybridized carbons (Fsp3) is 0.407. The molecule has 0 spiro atoms. The van der Waals surface area contributed by atoms with Crippen molar-refractivity contribution in [1.29, 1.82) is 0 Å². The molecule has 44 heavy (non-hydrogen) atoms. The van der Waals surface area contributed by atoms with Gasteiger partial charge in [0, 0.05) is 64.0 Å². The number of anilines is 2. The maximum absolute atomic E-state index is 15.2. The highest BCUT2D eigenvalue weighted by Gasteiger charge is 2.34. The van der Waals surface area contributed by atoms with Gasteiger partial charge in [0.1, 0.15) is 24.1 Å². The molecule has 0 unspecified atom stereocenters. The molecule has 1 aromatic carbocycles. The van der Waals surface area contributed by atoms with Crippen LogP contribution >= 0.6 is 0 Å². The van der Waals surface area contributed by atoms with Crippen LogP contribution in [-0.4, -0.2) is 116 Å². The van der Waals surface area contributed by atoms with Gasteiger partial charge in [0.25, 0.3) is 5.91 Å². The van der Waals surface area contributed by atoms with Gasteiger partial charge in [-0.3, -0.25) is 18.9 Å². The standard InChI is InChI=1S/C27H30F2N8O7/c1-42-9-10-43-26(40)32-13-18-15-37(27(41)44-18)17-11-19(28)23(20(29)12-17)35-7-5-34(6-8-35)22(38)14-31-24(39)21-16-36-4-2-3-30-25(36)33-21/h2-4,11-12,16,18H,5-10,13-15H2,1H3,(H,31,39)(H,32,40)/t18-/m0/s1. The maximum atomic E-state index is 15.2. The van der Waals surface area contributed by atoms with E-state index in [4.69, 9.17) is 14.2 Å². The van der Waals surface area contributed by atoms with E-state index in [1.54, 1.807) is 22.9 Å². The number of rotatable bonds is 10. The summed E-state index contributed by atoms with van der Waals surface area (Å²) in [6, 6.07) is 3.77. The number of nitrogens with zero attached hydrogens (tertiary/aromatic N) is 6. The van der Waals surface area contributed by atoms with E-state index < -0.39 is 35.8 Å². The summed E-state index contributed by atoms with van der Waals surface area (Å²) in [6.45, 7) is 0.553. The molecule has 2 aliphatic heterocycles. The number of hydrogen-bond donors (Lipinski definition) is 2. The van der Waals surface area contributed by atoms with Crippen LogP contribution in [0, 0.1) is 11.6 Å². The molecule has 5 rings (SSSR count). The molecule has 2 aliphatic rings. The minimum atomic E-state index is -0.884. The van der Waals surface area contributed by atoms with Crippen molar-refractivity contribution in [2.45, 2.75) is 6.10 Å². The number of halogens is 2. The van der Waals surface area contributed by atoms with E-state index in [1.807, 2.05) is 0 Å². The van der Waals surface area contributed by atoms with E-state index >= 15 is 8.78 Å². The predicted octanol–water partition coefficient (Wildman–Crippen LogP) is 0.784. The zero-order valence-electron chi connectivity index (χ0n) is 23.7. The van der Waals surface area contributed by atoms with Crippen molar-refractivity contribution in [2.75, 3.05) is 75.9 Å². The van der Waals surface area contributed by atoms with Crippen molar-refractivity contribution >= 4 is 41.2 Å². The number of cyclic esters (lactones) is 1. The summed E-state index contributed by atoms with van der Waals surface area (Å²) in [5.41, 5.74) is -0.201. The van der Waals surface area contributed by atoms with Crippen LogP contribution in [0.1, 0.15) is 10.5 Å². The van der Waals surface area contributed by atoms with Gasteiger partial charge in [-0.1, -0.05) is 0 Å². The minimum absolute atomic E-state index is 0.0372. The quantitative estimate of drug-likeness (QED) is 0.312. The first-order chi connectivity index (χ1) is 21.2. The third-order valence-corrected chi connectivity index (χ3v) is 7.00. The molecule has 3 aromatic rings. The number of carbonyl (C=O) groups is 4. The Hall–Kier alpha value is -5.06. The topological polar surface area (TPSA) is 160 Å². The summed E-state index contributed by atoms with van der Waals surface area (Å²) >= 11 is 0. The Morgan fingerprint density at radius 2 is 1.84 bits per heavy atom. The number of benzene rings is 1. The molecule has 4 heterocycles. The Morgan fingerprint density at radius 3 is 2.55 bits per heavy atom. The van der Waals surface area contributed by atoms with E-state index in [-0.39, 0.29) is 82.0 Å². The molecule has 4 amide bonds. The van der Waals surface area contributed by atoms with E-state index in [1.165, 1.54) is 23.1 Å². The number of imidazole rings is 1. The van der Waals surface area contributed by atoms with Crippen molar-refractivity contribution in [3.8, 4) is 0 Å². The number of carbonyl (C=O) groups excluding carboxylic acids is 4. The molecule has 2 aromatic heterocycles. The number of hydrogen-bond acceptors (Lipinski definition) is 10. The van der Waals surface area contributed by atoms with Gasteiger partial charge in [0.2, 0.25) is 11.7 Å². The molecule has 0 bridgehead atoms. The highest BCUT2D eigenvalue weighted by Crippen LogP contribution is 2.31. The number of aromatic nitrogens is 3. The second-order valence-electron chi connectivity index (χ2n) is 9.89. The Kier molecular flexibility index (Phi) is 9.32. The molecule has 2 fully saturated rings.